The number of hydrogen-bond donors (Lipinski definition) is 0. The van der Waals surface area contributed by atoms with E-state index in [2.05, 4.69) is 32.9 Å². The lowest BCUT2D eigenvalue weighted by molar-refractivity contribution is 0.101. The van der Waals surface area contributed by atoms with Crippen LogP contribution in [0.3, 0.4) is 0 Å². The highest BCUT2D eigenvalue weighted by Crippen LogP contribution is 2.28. The van der Waals surface area contributed by atoms with Gasteiger partial charge in [-0.15, -0.1) is 0 Å². The number of ketones is 1. The Hall–Kier alpha value is -1.11. The Morgan fingerprint density at radius 2 is 1.68 bits per heavy atom. The van der Waals surface area contributed by atoms with Crippen LogP contribution in [0, 0.1) is 5.92 Å². The molecule has 1 aromatic rings. The highest BCUT2D eigenvalue weighted by atomic mass is 16.1. The maximum Gasteiger partial charge on any atom is 0.159 e. The average Bonchev–Trinajstić information content (AvgIpc) is 2.43. The molecule has 1 nitrogen and oxygen atoms in total. The van der Waals surface area contributed by atoms with E-state index >= 15 is 0 Å². The number of benzene rings is 1. The molecule has 0 aliphatic heterocycles. The molecule has 1 aromatic carbocycles. The van der Waals surface area contributed by atoms with Gasteiger partial charge < -0.3 is 0 Å². The molecule has 106 valence electrons. The van der Waals surface area contributed by atoms with Crippen LogP contribution in [0.4, 0.5) is 0 Å². The highest BCUT2D eigenvalue weighted by Gasteiger charge is 2.12. The predicted molar refractivity (Wildman–Crippen MR) is 82.8 cm³/mol. The lowest BCUT2D eigenvalue weighted by Crippen LogP contribution is -2.03. The molecular formula is C18H28O. The van der Waals surface area contributed by atoms with Gasteiger partial charge in [0, 0.05) is 5.56 Å². The maximum absolute atomic E-state index is 11.3. The van der Waals surface area contributed by atoms with E-state index in [0.717, 1.165) is 11.5 Å². The zero-order valence-electron chi connectivity index (χ0n) is 12.9. The van der Waals surface area contributed by atoms with Crippen LogP contribution >= 0.6 is 0 Å². The molecule has 19 heavy (non-hydrogen) atoms. The van der Waals surface area contributed by atoms with Crippen LogP contribution in [0.1, 0.15) is 81.6 Å². The minimum Gasteiger partial charge on any atom is -0.295 e. The van der Waals surface area contributed by atoms with Crippen molar-refractivity contribution in [3.63, 3.8) is 0 Å². The Morgan fingerprint density at radius 3 is 2.16 bits per heavy atom. The molecule has 0 saturated carbocycles. The topological polar surface area (TPSA) is 17.1 Å². The molecule has 0 amide bonds. The van der Waals surface area contributed by atoms with Crippen molar-refractivity contribution in [3.8, 4) is 0 Å². The third-order valence-electron chi connectivity index (χ3n) is 4.13. The fourth-order valence-electron chi connectivity index (χ4n) is 2.51. The van der Waals surface area contributed by atoms with Gasteiger partial charge in [0.15, 0.2) is 5.78 Å². The summed E-state index contributed by atoms with van der Waals surface area (Å²) in [6, 6.07) is 8.24. The Bertz CT molecular complexity index is 377. The number of carbonyl (C=O) groups excluding carboxylic acids is 1. The second-order valence-electron chi connectivity index (χ2n) is 5.75. The van der Waals surface area contributed by atoms with E-state index < -0.39 is 0 Å². The van der Waals surface area contributed by atoms with Gasteiger partial charge in [0.2, 0.25) is 0 Å². The second-order valence-corrected chi connectivity index (χ2v) is 5.75. The molecule has 2 unspecified atom stereocenters. The summed E-state index contributed by atoms with van der Waals surface area (Å²) >= 11 is 0. The van der Waals surface area contributed by atoms with Crippen LogP contribution in [-0.2, 0) is 0 Å². The summed E-state index contributed by atoms with van der Waals surface area (Å²) in [7, 11) is 0. The molecule has 0 fully saturated rings. The summed E-state index contributed by atoms with van der Waals surface area (Å²) in [5.74, 6) is 1.62. The normalized spacial score (nSPS) is 14.1. The third kappa shape index (κ3) is 5.18. The van der Waals surface area contributed by atoms with Gasteiger partial charge in [0.25, 0.3) is 0 Å². The molecule has 0 bridgehead atoms. The van der Waals surface area contributed by atoms with Crippen molar-refractivity contribution < 1.29 is 4.79 Å². The Kier molecular flexibility index (Phi) is 6.83. The Balaban J connectivity index is 2.71. The molecule has 0 aromatic heterocycles. The summed E-state index contributed by atoms with van der Waals surface area (Å²) in [6.07, 6.45) is 6.30. The maximum atomic E-state index is 11.3. The van der Waals surface area contributed by atoms with E-state index in [-0.39, 0.29) is 5.78 Å². The van der Waals surface area contributed by atoms with Gasteiger partial charge in [-0.1, -0.05) is 64.3 Å². The highest BCUT2D eigenvalue weighted by molar-refractivity contribution is 5.94. The molecule has 1 rings (SSSR count). The van der Waals surface area contributed by atoms with Crippen molar-refractivity contribution in [2.24, 2.45) is 5.92 Å². The van der Waals surface area contributed by atoms with E-state index in [0.29, 0.717) is 5.92 Å². The second kappa shape index (κ2) is 8.14. The van der Waals surface area contributed by atoms with E-state index in [9.17, 15) is 4.79 Å². The molecule has 0 radical (unpaired) electrons. The van der Waals surface area contributed by atoms with Crippen LogP contribution in [0.25, 0.3) is 0 Å². The van der Waals surface area contributed by atoms with E-state index in [4.69, 9.17) is 0 Å². The Morgan fingerprint density at radius 1 is 1.05 bits per heavy atom. The zero-order valence-corrected chi connectivity index (χ0v) is 12.9. The number of hydrogen-bond acceptors (Lipinski definition) is 1. The lowest BCUT2D eigenvalue weighted by Gasteiger charge is -2.19. The molecule has 0 heterocycles. The molecule has 1 heteroatoms. The van der Waals surface area contributed by atoms with Crippen LogP contribution in [0.15, 0.2) is 24.3 Å². The van der Waals surface area contributed by atoms with E-state index in [1.807, 2.05) is 12.1 Å². The smallest absolute Gasteiger partial charge is 0.159 e. The predicted octanol–water partition coefficient (Wildman–Crippen LogP) is 5.60. The fraction of sp³-hybridized carbons (Fsp3) is 0.611. The van der Waals surface area contributed by atoms with Crippen molar-refractivity contribution in [1.29, 1.82) is 0 Å². The third-order valence-corrected chi connectivity index (χ3v) is 4.13. The Labute approximate surface area is 118 Å². The van der Waals surface area contributed by atoms with Gasteiger partial charge in [-0.2, -0.15) is 0 Å². The number of Topliss-reactive ketones (excluding diaryl/α,β-unsaturated/α-hetero) is 1. The summed E-state index contributed by atoms with van der Waals surface area (Å²) in [6.45, 7) is 8.48. The summed E-state index contributed by atoms with van der Waals surface area (Å²) in [5.41, 5.74) is 2.22. The monoisotopic (exact) mass is 260 g/mol. The van der Waals surface area contributed by atoms with Gasteiger partial charge in [0.1, 0.15) is 0 Å². The summed E-state index contributed by atoms with van der Waals surface area (Å²) < 4.78 is 0. The van der Waals surface area contributed by atoms with Crippen LogP contribution in [0.5, 0.6) is 0 Å². The first-order valence-corrected chi connectivity index (χ1v) is 7.69. The van der Waals surface area contributed by atoms with Crippen molar-refractivity contribution in [2.45, 2.75) is 65.7 Å². The molecular weight excluding hydrogens is 232 g/mol. The van der Waals surface area contributed by atoms with Gasteiger partial charge in [-0.25, -0.2) is 0 Å². The van der Waals surface area contributed by atoms with Crippen LogP contribution in [0.2, 0.25) is 0 Å². The van der Waals surface area contributed by atoms with E-state index in [1.54, 1.807) is 6.92 Å². The number of carbonyl (C=O) groups is 1. The molecule has 0 spiro atoms. The van der Waals surface area contributed by atoms with Gasteiger partial charge in [-0.3, -0.25) is 4.79 Å². The van der Waals surface area contributed by atoms with Crippen molar-refractivity contribution in [3.05, 3.63) is 35.4 Å². The largest absolute Gasteiger partial charge is 0.295 e. The minimum atomic E-state index is 0.151. The van der Waals surface area contributed by atoms with Crippen LogP contribution < -0.4 is 0 Å². The lowest BCUT2D eigenvalue weighted by atomic mass is 9.86. The average molecular weight is 260 g/mol. The molecule has 0 aliphatic carbocycles. The molecule has 0 N–H and O–H groups in total. The SMILES string of the molecule is CCCC(CCC(C)CC)c1ccc(C(C)=O)cc1. The van der Waals surface area contributed by atoms with Gasteiger partial charge >= 0.3 is 0 Å². The van der Waals surface area contributed by atoms with Gasteiger partial charge in [-0.05, 0) is 37.2 Å². The van der Waals surface area contributed by atoms with Gasteiger partial charge in [0.05, 0.1) is 0 Å². The van der Waals surface area contributed by atoms with Crippen molar-refractivity contribution in [2.75, 3.05) is 0 Å². The first-order valence-electron chi connectivity index (χ1n) is 7.69. The first kappa shape index (κ1) is 15.9. The number of rotatable bonds is 8. The van der Waals surface area contributed by atoms with Crippen molar-refractivity contribution in [1.82, 2.24) is 0 Å². The van der Waals surface area contributed by atoms with Crippen LogP contribution in [-0.4, -0.2) is 5.78 Å². The molecule has 2 atom stereocenters. The minimum absolute atomic E-state index is 0.151. The molecule has 0 aliphatic rings. The fourth-order valence-corrected chi connectivity index (χ4v) is 2.51. The first-order chi connectivity index (χ1) is 9.08. The zero-order chi connectivity index (χ0) is 14.3. The van der Waals surface area contributed by atoms with E-state index in [1.165, 1.54) is 37.7 Å². The standard InChI is InChI=1S/C18H28O/c1-5-7-17(9-8-14(3)6-2)18-12-10-16(11-13-18)15(4)19/h10-14,17H,5-9H2,1-4H3. The summed E-state index contributed by atoms with van der Waals surface area (Å²) in [5, 5.41) is 0. The quantitative estimate of drug-likeness (QED) is 0.556. The molecule has 0 saturated heterocycles. The van der Waals surface area contributed by atoms with Crippen molar-refractivity contribution >= 4 is 5.78 Å². The summed E-state index contributed by atoms with van der Waals surface area (Å²) in [4.78, 5) is 11.3.